The van der Waals surface area contributed by atoms with Crippen molar-refractivity contribution in [1.82, 2.24) is 4.98 Å². The van der Waals surface area contributed by atoms with Crippen LogP contribution in [0, 0.1) is 0 Å². The molecular weight excluding hydrogens is 348 g/mol. The Morgan fingerprint density at radius 2 is 1.79 bits per heavy atom. The van der Waals surface area contributed by atoms with Crippen LogP contribution in [0.25, 0.3) is 0 Å². The topological polar surface area (TPSA) is 31.4 Å². The zero-order valence-electron chi connectivity index (χ0n) is 9.19. The Morgan fingerprint density at radius 3 is 2.16 bits per heavy atom. The maximum atomic E-state index is 12.8. The Morgan fingerprint density at radius 1 is 1.21 bits per heavy atom. The van der Waals surface area contributed by atoms with Gasteiger partial charge in [-0.2, -0.15) is 13.2 Å². The standard InChI is InChI=1S/C9H6BrF6NO2/c1-18-7-5(8(11,12)13)6(19-9(14,15)16)4(2-10)3-17-7/h3H,2H2,1H3. The van der Waals surface area contributed by atoms with Gasteiger partial charge in [0.25, 0.3) is 0 Å². The van der Waals surface area contributed by atoms with Crippen molar-refractivity contribution in [2.45, 2.75) is 17.9 Å². The van der Waals surface area contributed by atoms with Gasteiger partial charge in [0, 0.05) is 17.1 Å². The number of ether oxygens (including phenoxy) is 2. The van der Waals surface area contributed by atoms with Gasteiger partial charge in [-0.3, -0.25) is 0 Å². The molecule has 0 bridgehead atoms. The van der Waals surface area contributed by atoms with Gasteiger partial charge < -0.3 is 9.47 Å². The minimum atomic E-state index is -5.26. The van der Waals surface area contributed by atoms with Crippen molar-refractivity contribution in [3.8, 4) is 11.6 Å². The number of nitrogens with zero attached hydrogens (tertiary/aromatic N) is 1. The van der Waals surface area contributed by atoms with Crippen LogP contribution in [0.1, 0.15) is 11.1 Å². The lowest BCUT2D eigenvalue weighted by molar-refractivity contribution is -0.276. The van der Waals surface area contributed by atoms with E-state index in [2.05, 4.69) is 30.4 Å². The third-order valence-corrected chi connectivity index (χ3v) is 2.51. The van der Waals surface area contributed by atoms with Gasteiger partial charge in [-0.25, -0.2) is 4.98 Å². The zero-order valence-corrected chi connectivity index (χ0v) is 10.8. The minimum absolute atomic E-state index is 0.293. The predicted molar refractivity (Wildman–Crippen MR) is 55.1 cm³/mol. The van der Waals surface area contributed by atoms with Crippen LogP contribution in [0.2, 0.25) is 0 Å². The SMILES string of the molecule is COc1ncc(CBr)c(OC(F)(F)F)c1C(F)(F)F. The minimum Gasteiger partial charge on any atom is -0.480 e. The van der Waals surface area contributed by atoms with E-state index >= 15 is 0 Å². The lowest BCUT2D eigenvalue weighted by Crippen LogP contribution is -2.22. The summed E-state index contributed by atoms with van der Waals surface area (Å²) in [6, 6.07) is 0. The second kappa shape index (κ2) is 5.43. The molecule has 1 heterocycles. The van der Waals surface area contributed by atoms with Crippen LogP contribution in [0.3, 0.4) is 0 Å². The Balaban J connectivity index is 3.53. The van der Waals surface area contributed by atoms with Crippen LogP contribution in [-0.2, 0) is 11.5 Å². The molecule has 10 heteroatoms. The number of pyridine rings is 1. The fourth-order valence-electron chi connectivity index (χ4n) is 1.25. The van der Waals surface area contributed by atoms with E-state index in [4.69, 9.17) is 0 Å². The molecule has 1 aromatic heterocycles. The van der Waals surface area contributed by atoms with Crippen LogP contribution in [0.4, 0.5) is 26.3 Å². The molecule has 0 amide bonds. The van der Waals surface area contributed by atoms with Crippen molar-refractivity contribution in [2.24, 2.45) is 0 Å². The molecule has 0 saturated heterocycles. The fraction of sp³-hybridized carbons (Fsp3) is 0.444. The third kappa shape index (κ3) is 3.88. The van der Waals surface area contributed by atoms with E-state index in [9.17, 15) is 26.3 Å². The van der Waals surface area contributed by atoms with Gasteiger partial charge in [0.1, 0.15) is 0 Å². The predicted octanol–water partition coefficient (Wildman–Crippen LogP) is 3.90. The largest absolute Gasteiger partial charge is 0.573 e. The molecular formula is C9H6BrF6NO2. The second-order valence-corrected chi connectivity index (χ2v) is 3.74. The van der Waals surface area contributed by atoms with E-state index in [0.717, 1.165) is 13.3 Å². The van der Waals surface area contributed by atoms with Gasteiger partial charge in [-0.05, 0) is 0 Å². The number of aromatic nitrogens is 1. The quantitative estimate of drug-likeness (QED) is 0.610. The summed E-state index contributed by atoms with van der Waals surface area (Å²) in [5.74, 6) is -2.36. The molecule has 3 nitrogen and oxygen atoms in total. The molecule has 0 saturated carbocycles. The van der Waals surface area contributed by atoms with E-state index in [1.807, 2.05) is 0 Å². The summed E-state index contributed by atoms with van der Waals surface area (Å²) in [5.41, 5.74) is -2.10. The average Bonchev–Trinajstić information content (AvgIpc) is 2.24. The summed E-state index contributed by atoms with van der Waals surface area (Å²) in [7, 11) is 0.864. The van der Waals surface area contributed by atoms with E-state index in [1.54, 1.807) is 0 Å². The third-order valence-electron chi connectivity index (χ3n) is 1.91. The van der Waals surface area contributed by atoms with Crippen LogP contribution >= 0.6 is 15.9 Å². The summed E-state index contributed by atoms with van der Waals surface area (Å²) in [5, 5.41) is -0.293. The molecule has 0 spiro atoms. The molecule has 0 aliphatic rings. The lowest BCUT2D eigenvalue weighted by atomic mass is 10.1. The van der Waals surface area contributed by atoms with Gasteiger partial charge >= 0.3 is 12.5 Å². The van der Waals surface area contributed by atoms with Crippen molar-refractivity contribution in [3.05, 3.63) is 17.3 Å². The molecule has 108 valence electrons. The first-order chi connectivity index (χ1) is 8.60. The Kier molecular flexibility index (Phi) is 4.54. The summed E-state index contributed by atoms with van der Waals surface area (Å²) in [4.78, 5) is 3.31. The highest BCUT2D eigenvalue weighted by molar-refractivity contribution is 9.08. The molecule has 0 radical (unpaired) electrons. The Labute approximate surface area is 111 Å². The second-order valence-electron chi connectivity index (χ2n) is 3.18. The molecule has 0 aliphatic carbocycles. The summed E-state index contributed by atoms with van der Waals surface area (Å²) >= 11 is 2.77. The molecule has 19 heavy (non-hydrogen) atoms. The number of methoxy groups -OCH3 is 1. The Hall–Kier alpha value is -1.19. The van der Waals surface area contributed by atoms with Gasteiger partial charge in [0.05, 0.1) is 7.11 Å². The fourth-order valence-corrected chi connectivity index (χ4v) is 1.65. The highest BCUT2D eigenvalue weighted by atomic mass is 79.9. The van der Waals surface area contributed by atoms with Crippen molar-refractivity contribution in [1.29, 1.82) is 0 Å². The van der Waals surface area contributed by atoms with Crippen molar-refractivity contribution >= 4 is 15.9 Å². The average molecular weight is 354 g/mol. The molecule has 0 fully saturated rings. The molecule has 0 aliphatic heterocycles. The van der Waals surface area contributed by atoms with E-state index in [0.29, 0.717) is 0 Å². The first-order valence-corrected chi connectivity index (χ1v) is 5.67. The highest BCUT2D eigenvalue weighted by Gasteiger charge is 2.44. The molecule has 0 unspecified atom stereocenters. The molecule has 1 rings (SSSR count). The smallest absolute Gasteiger partial charge is 0.480 e. The monoisotopic (exact) mass is 353 g/mol. The maximum absolute atomic E-state index is 12.8. The first-order valence-electron chi connectivity index (χ1n) is 4.55. The molecule has 0 aromatic carbocycles. The summed E-state index contributed by atoms with van der Waals surface area (Å²) in [6.07, 6.45) is -9.55. The number of alkyl halides is 7. The number of halogens is 7. The highest BCUT2D eigenvalue weighted by Crippen LogP contribution is 2.45. The van der Waals surface area contributed by atoms with Crippen LogP contribution in [-0.4, -0.2) is 18.5 Å². The molecule has 1 aromatic rings. The molecule has 0 atom stereocenters. The first kappa shape index (κ1) is 15.9. The van der Waals surface area contributed by atoms with Crippen molar-refractivity contribution < 1.29 is 35.8 Å². The van der Waals surface area contributed by atoms with E-state index < -0.39 is 35.3 Å². The maximum Gasteiger partial charge on any atom is 0.573 e. The summed E-state index contributed by atoms with van der Waals surface area (Å²) in [6.45, 7) is 0. The van der Waals surface area contributed by atoms with E-state index in [-0.39, 0.29) is 5.33 Å². The van der Waals surface area contributed by atoms with Crippen LogP contribution < -0.4 is 9.47 Å². The summed E-state index contributed by atoms with van der Waals surface area (Å²) < 4.78 is 82.8. The number of rotatable bonds is 3. The normalized spacial score (nSPS) is 12.4. The van der Waals surface area contributed by atoms with Gasteiger partial charge in [-0.15, -0.1) is 13.2 Å². The van der Waals surface area contributed by atoms with Gasteiger partial charge in [0.15, 0.2) is 11.3 Å². The number of hydrogen-bond donors (Lipinski definition) is 0. The zero-order chi connectivity index (χ0) is 14.8. The van der Waals surface area contributed by atoms with Crippen LogP contribution in [0.5, 0.6) is 11.6 Å². The number of hydrogen-bond acceptors (Lipinski definition) is 3. The van der Waals surface area contributed by atoms with Crippen molar-refractivity contribution in [3.63, 3.8) is 0 Å². The van der Waals surface area contributed by atoms with Gasteiger partial charge in [0.2, 0.25) is 5.88 Å². The molecule has 0 N–H and O–H groups in total. The van der Waals surface area contributed by atoms with Crippen LogP contribution in [0.15, 0.2) is 6.20 Å². The Bertz CT molecular complexity index is 459. The van der Waals surface area contributed by atoms with Crippen molar-refractivity contribution in [2.75, 3.05) is 7.11 Å². The lowest BCUT2D eigenvalue weighted by Gasteiger charge is -2.19. The van der Waals surface area contributed by atoms with E-state index in [1.165, 1.54) is 0 Å². The van der Waals surface area contributed by atoms with Gasteiger partial charge in [-0.1, -0.05) is 15.9 Å².